The van der Waals surface area contributed by atoms with Crippen molar-refractivity contribution in [2.75, 3.05) is 33.9 Å². The summed E-state index contributed by atoms with van der Waals surface area (Å²) < 4.78 is 38.0. The van der Waals surface area contributed by atoms with Gasteiger partial charge in [-0.05, 0) is 49.1 Å². The Hall–Kier alpha value is -2.40. The van der Waals surface area contributed by atoms with Gasteiger partial charge in [0.05, 0.1) is 24.0 Å². The Morgan fingerprint density at radius 3 is 2.50 bits per heavy atom. The number of rotatable bonds is 10. The van der Waals surface area contributed by atoms with Gasteiger partial charge in [-0.3, -0.25) is 15.0 Å². The molecule has 32 heavy (non-hydrogen) atoms. The number of hydrogen-bond donors (Lipinski definition) is 1. The smallest absolute Gasteiger partial charge is 0.269 e. The summed E-state index contributed by atoms with van der Waals surface area (Å²) in [6.45, 7) is 2.70. The highest BCUT2D eigenvalue weighted by Gasteiger charge is 2.19. The molecule has 9 nitrogen and oxygen atoms in total. The van der Waals surface area contributed by atoms with Crippen LogP contribution < -0.4 is 14.2 Å². The van der Waals surface area contributed by atoms with Crippen LogP contribution in [0.4, 0.5) is 5.69 Å². The Morgan fingerprint density at radius 1 is 1.06 bits per heavy atom. The third-order valence-corrected chi connectivity index (χ3v) is 6.81. The minimum Gasteiger partial charge on any atom is -0.493 e. The minimum absolute atomic E-state index is 0. The number of hydrogen-bond acceptors (Lipinski definition) is 7. The van der Waals surface area contributed by atoms with Crippen LogP contribution in [0.3, 0.4) is 0 Å². The van der Waals surface area contributed by atoms with Crippen LogP contribution in [0.25, 0.3) is 0 Å². The van der Waals surface area contributed by atoms with Gasteiger partial charge in [0, 0.05) is 37.8 Å². The molecule has 0 fully saturated rings. The van der Waals surface area contributed by atoms with Crippen molar-refractivity contribution in [3.8, 4) is 11.5 Å². The molecule has 0 aromatic heterocycles. The molecule has 0 saturated carbocycles. The van der Waals surface area contributed by atoms with Crippen molar-refractivity contribution >= 4 is 28.1 Å². The van der Waals surface area contributed by atoms with Gasteiger partial charge in [0.1, 0.15) is 0 Å². The fraction of sp³-hybridized carbons (Fsp3) is 0.429. The predicted molar refractivity (Wildman–Crippen MR) is 123 cm³/mol. The summed E-state index contributed by atoms with van der Waals surface area (Å²) in [4.78, 5) is 13.0. The normalized spacial score (nSPS) is 13.7. The Labute approximate surface area is 194 Å². The average Bonchev–Trinajstić information content (AvgIpc) is 2.77. The third-order valence-electron chi connectivity index (χ3n) is 5.35. The number of nitrogens with zero attached hydrogens (tertiary/aromatic N) is 2. The van der Waals surface area contributed by atoms with E-state index in [-0.39, 0.29) is 27.9 Å². The van der Waals surface area contributed by atoms with Gasteiger partial charge in [0.2, 0.25) is 10.0 Å². The maximum atomic E-state index is 12.5. The molecule has 2 aromatic carbocycles. The van der Waals surface area contributed by atoms with Gasteiger partial charge in [-0.1, -0.05) is 6.07 Å². The number of unbranched alkanes of at least 4 members (excludes halogenated alkanes) is 1. The molecule has 1 aliphatic rings. The van der Waals surface area contributed by atoms with Crippen LogP contribution in [0.2, 0.25) is 0 Å². The van der Waals surface area contributed by atoms with Crippen LogP contribution in [0, 0.1) is 10.1 Å². The van der Waals surface area contributed by atoms with Crippen molar-refractivity contribution in [1.29, 1.82) is 0 Å². The minimum atomic E-state index is -3.64. The Morgan fingerprint density at radius 2 is 1.81 bits per heavy atom. The van der Waals surface area contributed by atoms with Crippen LogP contribution in [0.15, 0.2) is 41.3 Å². The topological polar surface area (TPSA) is 111 Å². The van der Waals surface area contributed by atoms with Crippen LogP contribution in [0.5, 0.6) is 11.5 Å². The van der Waals surface area contributed by atoms with Gasteiger partial charge in [-0.25, -0.2) is 13.1 Å². The molecule has 0 bridgehead atoms. The van der Waals surface area contributed by atoms with Gasteiger partial charge in [0.25, 0.3) is 5.69 Å². The van der Waals surface area contributed by atoms with Crippen LogP contribution in [0.1, 0.15) is 24.0 Å². The largest absolute Gasteiger partial charge is 0.493 e. The summed E-state index contributed by atoms with van der Waals surface area (Å²) in [6.07, 6.45) is 2.36. The molecular formula is C21H28ClN3O6S. The summed E-state index contributed by atoms with van der Waals surface area (Å²) in [7, 11) is -0.689. The monoisotopic (exact) mass is 485 g/mol. The lowest BCUT2D eigenvalue weighted by Gasteiger charge is -2.28. The molecule has 0 unspecified atom stereocenters. The van der Waals surface area contributed by atoms with Gasteiger partial charge < -0.3 is 9.47 Å². The molecule has 0 saturated heterocycles. The molecule has 0 amide bonds. The van der Waals surface area contributed by atoms with Crippen molar-refractivity contribution < 1.29 is 22.8 Å². The quantitative estimate of drug-likeness (QED) is 0.312. The van der Waals surface area contributed by atoms with E-state index in [1.807, 2.05) is 6.07 Å². The van der Waals surface area contributed by atoms with Crippen molar-refractivity contribution in [3.05, 3.63) is 57.6 Å². The zero-order valence-corrected chi connectivity index (χ0v) is 19.7. The molecule has 0 radical (unpaired) electrons. The first-order valence-electron chi connectivity index (χ1n) is 10.0. The van der Waals surface area contributed by atoms with Crippen molar-refractivity contribution in [2.45, 2.75) is 30.7 Å². The highest BCUT2D eigenvalue weighted by molar-refractivity contribution is 7.89. The number of non-ortho nitro benzene ring substituents is 1. The van der Waals surface area contributed by atoms with Crippen LogP contribution in [-0.4, -0.2) is 52.1 Å². The Bertz CT molecular complexity index is 1050. The van der Waals surface area contributed by atoms with Gasteiger partial charge >= 0.3 is 0 Å². The number of nitro benzene ring substituents is 1. The Balaban J connectivity index is 0.00000363. The first-order valence-corrected chi connectivity index (χ1v) is 11.5. The lowest BCUT2D eigenvalue weighted by Crippen LogP contribution is -2.32. The fourth-order valence-electron chi connectivity index (χ4n) is 3.64. The second kappa shape index (κ2) is 11.5. The highest BCUT2D eigenvalue weighted by atomic mass is 35.5. The van der Waals surface area contributed by atoms with Gasteiger partial charge in [-0.15, -0.1) is 12.4 Å². The van der Waals surface area contributed by atoms with E-state index in [0.29, 0.717) is 31.0 Å². The van der Waals surface area contributed by atoms with Gasteiger partial charge in [0.15, 0.2) is 11.5 Å². The predicted octanol–water partition coefficient (Wildman–Crippen LogP) is 3.15. The number of sulfonamides is 1. The molecule has 1 heterocycles. The highest BCUT2D eigenvalue weighted by Crippen LogP contribution is 2.29. The molecule has 3 rings (SSSR count). The summed E-state index contributed by atoms with van der Waals surface area (Å²) in [5, 5.41) is 11.0. The molecule has 11 heteroatoms. The number of benzene rings is 2. The summed E-state index contributed by atoms with van der Waals surface area (Å²) in [5.74, 6) is 0.825. The first kappa shape index (κ1) is 25.9. The van der Waals surface area contributed by atoms with E-state index >= 15 is 0 Å². The molecule has 0 aliphatic carbocycles. The zero-order chi connectivity index (χ0) is 22.4. The van der Waals surface area contributed by atoms with E-state index < -0.39 is 10.0 Å². The lowest BCUT2D eigenvalue weighted by atomic mass is 9.99. The maximum Gasteiger partial charge on any atom is 0.269 e. The number of ether oxygens (including phenoxy) is 2. The number of fused-ring (bicyclic) bond motifs is 1. The summed E-state index contributed by atoms with van der Waals surface area (Å²) in [6, 6.07) is 9.52. The SMILES string of the molecule is COc1ccc(S(=O)(=O)NCCCCN2CCc3ccc([N+](=O)[O-])cc3C2)cc1OC.Cl. The fourth-order valence-corrected chi connectivity index (χ4v) is 4.73. The number of nitro groups is 1. The number of methoxy groups -OCH3 is 2. The van der Waals surface area contributed by atoms with Crippen molar-refractivity contribution in [2.24, 2.45) is 0 Å². The molecule has 0 spiro atoms. The van der Waals surface area contributed by atoms with Crippen molar-refractivity contribution in [1.82, 2.24) is 9.62 Å². The van der Waals surface area contributed by atoms with Crippen LogP contribution in [-0.2, 0) is 23.0 Å². The van der Waals surface area contributed by atoms with E-state index in [9.17, 15) is 18.5 Å². The zero-order valence-electron chi connectivity index (χ0n) is 18.1. The Kier molecular flexibility index (Phi) is 9.26. The second-order valence-corrected chi connectivity index (χ2v) is 9.12. The summed E-state index contributed by atoms with van der Waals surface area (Å²) in [5.41, 5.74) is 2.27. The molecule has 0 atom stereocenters. The van der Waals surface area contributed by atoms with Crippen molar-refractivity contribution in [3.63, 3.8) is 0 Å². The number of nitrogens with one attached hydrogen (secondary N) is 1. The second-order valence-electron chi connectivity index (χ2n) is 7.36. The van der Waals surface area contributed by atoms with E-state index in [1.165, 1.54) is 26.4 Å². The molecule has 1 N–H and O–H groups in total. The van der Waals surface area contributed by atoms with E-state index in [4.69, 9.17) is 9.47 Å². The van der Waals surface area contributed by atoms with Gasteiger partial charge in [-0.2, -0.15) is 0 Å². The third kappa shape index (κ3) is 6.32. The summed E-state index contributed by atoms with van der Waals surface area (Å²) >= 11 is 0. The molecular weight excluding hydrogens is 458 g/mol. The van der Waals surface area contributed by atoms with Crippen LogP contribution >= 0.6 is 12.4 Å². The van der Waals surface area contributed by atoms with E-state index in [1.54, 1.807) is 18.2 Å². The van der Waals surface area contributed by atoms with E-state index in [2.05, 4.69) is 9.62 Å². The molecule has 2 aromatic rings. The molecule has 176 valence electrons. The lowest BCUT2D eigenvalue weighted by molar-refractivity contribution is -0.385. The van der Waals surface area contributed by atoms with E-state index in [0.717, 1.165) is 37.1 Å². The number of halogens is 1. The molecule has 1 aliphatic heterocycles. The maximum absolute atomic E-state index is 12.5. The first-order chi connectivity index (χ1) is 14.8. The average molecular weight is 486 g/mol. The standard InChI is InChI=1S/C21H27N3O6S.ClH/c1-29-20-8-7-19(14-21(20)30-2)31(27,28)22-10-3-4-11-23-12-9-16-5-6-18(24(25)26)13-17(16)15-23;/h5-8,13-14,22H,3-4,9-12,15H2,1-2H3;1H.